The van der Waals surface area contributed by atoms with Crippen molar-refractivity contribution in [2.24, 2.45) is 7.05 Å². The van der Waals surface area contributed by atoms with E-state index in [0.29, 0.717) is 33.2 Å². The van der Waals surface area contributed by atoms with Crippen molar-refractivity contribution in [1.82, 2.24) is 34.6 Å². The first-order chi connectivity index (χ1) is 12.1. The molecule has 3 heterocycles. The van der Waals surface area contributed by atoms with Crippen LogP contribution in [0, 0.1) is 5.82 Å². The first-order valence-corrected chi connectivity index (χ1v) is 8.05. The van der Waals surface area contributed by atoms with Gasteiger partial charge in [0.2, 0.25) is 5.88 Å². The number of fused-ring (bicyclic) bond motifs is 1. The van der Waals surface area contributed by atoms with Crippen LogP contribution >= 0.6 is 15.9 Å². The zero-order valence-electron chi connectivity index (χ0n) is 13.0. The summed E-state index contributed by atoms with van der Waals surface area (Å²) in [6.45, 7) is 0.185. The van der Waals surface area contributed by atoms with E-state index in [1.54, 1.807) is 36.0 Å². The number of hydrogen-bond donors (Lipinski definition) is 0. The van der Waals surface area contributed by atoms with Gasteiger partial charge in [-0.05, 0) is 28.1 Å². The molecule has 0 aliphatic carbocycles. The van der Waals surface area contributed by atoms with Crippen LogP contribution in [0.2, 0.25) is 0 Å². The van der Waals surface area contributed by atoms with Crippen molar-refractivity contribution in [3.63, 3.8) is 0 Å². The first kappa shape index (κ1) is 15.6. The maximum absolute atomic E-state index is 14.1. The molecule has 4 aromatic rings. The molecule has 0 spiro atoms. The molecule has 0 saturated heterocycles. The lowest BCUT2D eigenvalue weighted by molar-refractivity contribution is 0.272. The molecule has 0 N–H and O–H groups in total. The highest BCUT2D eigenvalue weighted by atomic mass is 79.9. The van der Waals surface area contributed by atoms with Gasteiger partial charge in [-0.1, -0.05) is 12.1 Å². The SMILES string of the molecule is Cn1ncnc1COc1nn2c(-c3ccccc3F)nnc2cc1Br. The average molecular weight is 404 g/mol. The van der Waals surface area contributed by atoms with Gasteiger partial charge in [0, 0.05) is 13.1 Å². The molecule has 126 valence electrons. The minimum atomic E-state index is -0.400. The second-order valence-electron chi connectivity index (χ2n) is 5.16. The predicted octanol–water partition coefficient (Wildman–Crippen LogP) is 2.40. The molecule has 0 aliphatic rings. The molecule has 0 radical (unpaired) electrons. The van der Waals surface area contributed by atoms with Gasteiger partial charge in [0.1, 0.15) is 18.8 Å². The number of benzene rings is 1. The van der Waals surface area contributed by atoms with Gasteiger partial charge in [-0.25, -0.2) is 9.37 Å². The zero-order chi connectivity index (χ0) is 17.4. The van der Waals surface area contributed by atoms with Crippen molar-refractivity contribution >= 4 is 21.6 Å². The van der Waals surface area contributed by atoms with Gasteiger partial charge < -0.3 is 4.74 Å². The molecule has 0 amide bonds. The molecule has 1 aromatic carbocycles. The fourth-order valence-corrected chi connectivity index (χ4v) is 2.68. The number of rotatable bonds is 4. The summed E-state index contributed by atoms with van der Waals surface area (Å²) in [6, 6.07) is 8.03. The molecule has 0 unspecified atom stereocenters. The minimum Gasteiger partial charge on any atom is -0.468 e. The number of aryl methyl sites for hydroxylation is 1. The van der Waals surface area contributed by atoms with Gasteiger partial charge in [-0.15, -0.1) is 15.3 Å². The Morgan fingerprint density at radius 1 is 1.24 bits per heavy atom. The Labute approximate surface area is 149 Å². The van der Waals surface area contributed by atoms with Crippen LogP contribution in [0.4, 0.5) is 4.39 Å². The Bertz CT molecular complexity index is 1060. The molecule has 8 nitrogen and oxygen atoms in total. The van der Waals surface area contributed by atoms with Gasteiger partial charge in [-0.3, -0.25) is 4.68 Å². The normalized spacial score (nSPS) is 11.2. The highest BCUT2D eigenvalue weighted by Crippen LogP contribution is 2.27. The predicted molar refractivity (Wildman–Crippen MR) is 89.2 cm³/mol. The van der Waals surface area contributed by atoms with Crippen molar-refractivity contribution in [3.8, 4) is 17.3 Å². The molecule has 25 heavy (non-hydrogen) atoms. The van der Waals surface area contributed by atoms with E-state index >= 15 is 0 Å². The third kappa shape index (κ3) is 2.84. The summed E-state index contributed by atoms with van der Waals surface area (Å²) < 4.78 is 23.4. The second kappa shape index (κ2) is 6.20. The quantitative estimate of drug-likeness (QED) is 0.520. The van der Waals surface area contributed by atoms with Crippen molar-refractivity contribution in [1.29, 1.82) is 0 Å². The van der Waals surface area contributed by atoms with E-state index in [1.165, 1.54) is 16.9 Å². The Morgan fingerprint density at radius 3 is 2.84 bits per heavy atom. The summed E-state index contributed by atoms with van der Waals surface area (Å²) in [5.74, 6) is 0.854. The van der Waals surface area contributed by atoms with Crippen molar-refractivity contribution < 1.29 is 9.13 Å². The summed E-state index contributed by atoms with van der Waals surface area (Å²) >= 11 is 3.39. The van der Waals surface area contributed by atoms with E-state index in [-0.39, 0.29) is 6.61 Å². The maximum atomic E-state index is 14.1. The molecular weight excluding hydrogens is 393 g/mol. The van der Waals surface area contributed by atoms with Gasteiger partial charge in [0.15, 0.2) is 17.3 Å². The third-order valence-corrected chi connectivity index (χ3v) is 4.14. The van der Waals surface area contributed by atoms with E-state index in [1.807, 2.05) is 0 Å². The van der Waals surface area contributed by atoms with Crippen LogP contribution in [-0.4, -0.2) is 34.6 Å². The molecule has 0 aliphatic heterocycles. The first-order valence-electron chi connectivity index (χ1n) is 7.26. The molecular formula is C15H11BrFN7O. The van der Waals surface area contributed by atoms with Gasteiger partial charge in [-0.2, -0.15) is 9.61 Å². The van der Waals surface area contributed by atoms with Crippen molar-refractivity contribution in [2.45, 2.75) is 6.61 Å². The van der Waals surface area contributed by atoms with Gasteiger partial charge >= 0.3 is 0 Å². The summed E-state index contributed by atoms with van der Waals surface area (Å²) in [6.07, 6.45) is 1.44. The van der Waals surface area contributed by atoms with Crippen LogP contribution < -0.4 is 4.74 Å². The van der Waals surface area contributed by atoms with Crippen LogP contribution in [-0.2, 0) is 13.7 Å². The van der Waals surface area contributed by atoms with Gasteiger partial charge in [0.25, 0.3) is 0 Å². The Hall–Kier alpha value is -2.88. The number of hydrogen-bond acceptors (Lipinski definition) is 6. The highest BCUT2D eigenvalue weighted by molar-refractivity contribution is 9.10. The Morgan fingerprint density at radius 2 is 2.08 bits per heavy atom. The summed E-state index contributed by atoms with van der Waals surface area (Å²) in [4.78, 5) is 4.09. The van der Waals surface area contributed by atoms with E-state index in [4.69, 9.17) is 4.74 Å². The standard InChI is InChI=1S/C15H11BrFN7O/c1-23-13(18-8-19-23)7-25-15-10(16)6-12-20-21-14(24(12)22-15)9-4-2-3-5-11(9)17/h2-6,8H,7H2,1H3. The number of ether oxygens (including phenoxy) is 1. The monoisotopic (exact) mass is 403 g/mol. The van der Waals surface area contributed by atoms with Gasteiger partial charge in [0.05, 0.1) is 10.0 Å². The summed E-state index contributed by atoms with van der Waals surface area (Å²) in [7, 11) is 1.77. The minimum absolute atomic E-state index is 0.185. The lowest BCUT2D eigenvalue weighted by Gasteiger charge is -2.08. The molecule has 4 rings (SSSR count). The lowest BCUT2D eigenvalue weighted by atomic mass is 10.2. The van der Waals surface area contributed by atoms with E-state index in [0.717, 1.165) is 0 Å². The molecule has 0 bridgehead atoms. The number of halogens is 2. The summed E-state index contributed by atoms with van der Waals surface area (Å²) in [5.41, 5.74) is 0.778. The van der Waals surface area contributed by atoms with Crippen LogP contribution in [0.25, 0.3) is 17.0 Å². The molecule has 0 saturated carbocycles. The lowest BCUT2D eigenvalue weighted by Crippen LogP contribution is -2.07. The molecule has 0 fully saturated rings. The van der Waals surface area contributed by atoms with E-state index in [2.05, 4.69) is 41.3 Å². The average Bonchev–Trinajstić information content (AvgIpc) is 3.19. The van der Waals surface area contributed by atoms with Crippen molar-refractivity contribution in [3.05, 3.63) is 52.8 Å². The highest BCUT2D eigenvalue weighted by Gasteiger charge is 2.16. The summed E-state index contributed by atoms with van der Waals surface area (Å²) in [5, 5.41) is 16.4. The molecule has 10 heteroatoms. The largest absolute Gasteiger partial charge is 0.468 e. The molecule has 3 aromatic heterocycles. The topological polar surface area (TPSA) is 83.0 Å². The Balaban J connectivity index is 1.74. The number of nitrogens with zero attached hydrogens (tertiary/aromatic N) is 7. The van der Waals surface area contributed by atoms with Crippen molar-refractivity contribution in [2.75, 3.05) is 0 Å². The van der Waals surface area contributed by atoms with Crippen LogP contribution in [0.3, 0.4) is 0 Å². The van der Waals surface area contributed by atoms with Crippen LogP contribution in [0.15, 0.2) is 41.1 Å². The van der Waals surface area contributed by atoms with E-state index < -0.39 is 5.82 Å². The smallest absolute Gasteiger partial charge is 0.246 e. The Kier molecular flexibility index (Phi) is 3.88. The fraction of sp³-hybridized carbons (Fsp3) is 0.133. The van der Waals surface area contributed by atoms with E-state index in [9.17, 15) is 4.39 Å². The van der Waals surface area contributed by atoms with Crippen LogP contribution in [0.1, 0.15) is 5.82 Å². The third-order valence-electron chi connectivity index (χ3n) is 3.57. The van der Waals surface area contributed by atoms with Crippen LogP contribution in [0.5, 0.6) is 5.88 Å². The zero-order valence-corrected chi connectivity index (χ0v) is 14.6. The maximum Gasteiger partial charge on any atom is 0.246 e. The second-order valence-corrected chi connectivity index (χ2v) is 6.01. The molecule has 0 atom stereocenters. The number of aromatic nitrogens is 7. The fourth-order valence-electron chi connectivity index (χ4n) is 2.29.